The second-order valence-electron chi connectivity index (χ2n) is 4.92. The molecule has 5 heteroatoms. The van der Waals surface area contributed by atoms with Crippen molar-refractivity contribution in [2.75, 3.05) is 7.11 Å². The zero-order chi connectivity index (χ0) is 14.4. The molecule has 1 aliphatic carbocycles. The van der Waals surface area contributed by atoms with Gasteiger partial charge in [0.05, 0.1) is 13.0 Å². The molecular formula is C15H19NO4. The van der Waals surface area contributed by atoms with Crippen molar-refractivity contribution in [3.05, 3.63) is 30.3 Å². The van der Waals surface area contributed by atoms with Gasteiger partial charge in [-0.25, -0.2) is 4.79 Å². The second-order valence-corrected chi connectivity index (χ2v) is 4.92. The fraction of sp³-hybridized carbons (Fsp3) is 0.467. The molecule has 1 aliphatic rings. The molecule has 0 bridgehead atoms. The number of esters is 1. The van der Waals surface area contributed by atoms with Crippen LogP contribution in [0.1, 0.15) is 25.7 Å². The molecule has 5 nitrogen and oxygen atoms in total. The molecule has 0 aliphatic heterocycles. The van der Waals surface area contributed by atoms with Gasteiger partial charge in [0, 0.05) is 6.04 Å². The maximum atomic E-state index is 11.7. The van der Waals surface area contributed by atoms with Crippen LogP contribution in [0.15, 0.2) is 30.3 Å². The minimum atomic E-state index is -0.447. The van der Waals surface area contributed by atoms with Crippen LogP contribution in [0.4, 0.5) is 4.79 Å². The van der Waals surface area contributed by atoms with E-state index < -0.39 is 6.09 Å². The lowest BCUT2D eigenvalue weighted by Gasteiger charge is -2.27. The van der Waals surface area contributed by atoms with Crippen molar-refractivity contribution in [1.82, 2.24) is 5.32 Å². The normalized spacial score (nSPS) is 21.9. The van der Waals surface area contributed by atoms with Gasteiger partial charge in [-0.3, -0.25) is 4.79 Å². The first-order valence-corrected chi connectivity index (χ1v) is 6.80. The average molecular weight is 277 g/mol. The van der Waals surface area contributed by atoms with Gasteiger partial charge < -0.3 is 14.8 Å². The Labute approximate surface area is 118 Å². The van der Waals surface area contributed by atoms with Crippen LogP contribution in [-0.2, 0) is 9.53 Å². The molecule has 0 saturated heterocycles. The van der Waals surface area contributed by atoms with Crippen LogP contribution in [-0.4, -0.2) is 25.2 Å². The lowest BCUT2D eigenvalue weighted by Crippen LogP contribution is -2.40. The van der Waals surface area contributed by atoms with E-state index in [0.29, 0.717) is 5.75 Å². The number of carbonyl (C=O) groups excluding carboxylic acids is 2. The van der Waals surface area contributed by atoms with E-state index in [-0.39, 0.29) is 17.9 Å². The van der Waals surface area contributed by atoms with Gasteiger partial charge in [-0.05, 0) is 37.8 Å². The summed E-state index contributed by atoms with van der Waals surface area (Å²) < 4.78 is 9.90. The summed E-state index contributed by atoms with van der Waals surface area (Å²) in [7, 11) is 1.41. The summed E-state index contributed by atoms with van der Waals surface area (Å²) in [5.41, 5.74) is 0. The predicted octanol–water partition coefficient (Wildman–Crippen LogP) is 2.51. The highest BCUT2D eigenvalue weighted by Crippen LogP contribution is 2.25. The molecular weight excluding hydrogens is 258 g/mol. The third-order valence-corrected chi connectivity index (χ3v) is 3.54. The van der Waals surface area contributed by atoms with E-state index in [1.807, 2.05) is 18.2 Å². The van der Waals surface area contributed by atoms with E-state index in [1.54, 1.807) is 12.1 Å². The van der Waals surface area contributed by atoms with Gasteiger partial charge >= 0.3 is 12.1 Å². The molecule has 1 amide bonds. The summed E-state index contributed by atoms with van der Waals surface area (Å²) in [5.74, 6) is 0.326. The van der Waals surface area contributed by atoms with Gasteiger partial charge in [-0.2, -0.15) is 0 Å². The molecule has 1 fully saturated rings. The van der Waals surface area contributed by atoms with Crippen molar-refractivity contribution in [3.8, 4) is 5.75 Å². The number of nitrogens with one attached hydrogen (secondary N) is 1. The first-order valence-electron chi connectivity index (χ1n) is 6.80. The van der Waals surface area contributed by atoms with Crippen LogP contribution < -0.4 is 10.1 Å². The maximum absolute atomic E-state index is 11.7. The minimum absolute atomic E-state index is 0.0387. The molecule has 20 heavy (non-hydrogen) atoms. The highest BCUT2D eigenvalue weighted by molar-refractivity contribution is 5.73. The monoisotopic (exact) mass is 277 g/mol. The number of amides is 1. The SMILES string of the molecule is COC(=O)C1CCC(NC(=O)Oc2ccccc2)CC1. The van der Waals surface area contributed by atoms with Crippen molar-refractivity contribution in [1.29, 1.82) is 0 Å². The molecule has 1 N–H and O–H groups in total. The number of hydrogen-bond donors (Lipinski definition) is 1. The van der Waals surface area contributed by atoms with E-state index in [0.717, 1.165) is 25.7 Å². The number of carbonyl (C=O) groups is 2. The molecule has 1 saturated carbocycles. The number of ether oxygens (including phenoxy) is 2. The van der Waals surface area contributed by atoms with Gasteiger partial charge in [-0.15, -0.1) is 0 Å². The second kappa shape index (κ2) is 6.93. The van der Waals surface area contributed by atoms with E-state index in [1.165, 1.54) is 7.11 Å². The van der Waals surface area contributed by atoms with Crippen LogP contribution in [0, 0.1) is 5.92 Å². The first kappa shape index (κ1) is 14.4. The summed E-state index contributed by atoms with van der Waals surface area (Å²) in [6.07, 6.45) is 2.57. The van der Waals surface area contributed by atoms with Crippen LogP contribution in [0.3, 0.4) is 0 Å². The van der Waals surface area contributed by atoms with Crippen LogP contribution in [0.25, 0.3) is 0 Å². The van der Waals surface area contributed by atoms with Gasteiger partial charge in [0.15, 0.2) is 0 Å². The Bertz CT molecular complexity index is 452. The Morgan fingerprint density at radius 1 is 1.10 bits per heavy atom. The number of rotatable bonds is 3. The minimum Gasteiger partial charge on any atom is -0.469 e. The Morgan fingerprint density at radius 3 is 2.35 bits per heavy atom. The van der Waals surface area contributed by atoms with Crippen molar-refractivity contribution in [2.24, 2.45) is 5.92 Å². The lowest BCUT2D eigenvalue weighted by molar-refractivity contribution is -0.146. The van der Waals surface area contributed by atoms with E-state index in [4.69, 9.17) is 9.47 Å². The first-order chi connectivity index (χ1) is 9.69. The molecule has 1 aromatic rings. The van der Waals surface area contributed by atoms with E-state index in [2.05, 4.69) is 5.32 Å². The topological polar surface area (TPSA) is 64.6 Å². The molecule has 2 rings (SSSR count). The average Bonchev–Trinajstić information content (AvgIpc) is 2.48. The Kier molecular flexibility index (Phi) is 4.98. The standard InChI is InChI=1S/C15H19NO4/c1-19-14(17)11-7-9-12(10-8-11)16-15(18)20-13-5-3-2-4-6-13/h2-6,11-12H,7-10H2,1H3,(H,16,18). The Morgan fingerprint density at radius 2 is 1.75 bits per heavy atom. The van der Waals surface area contributed by atoms with Gasteiger partial charge in [-0.1, -0.05) is 18.2 Å². The van der Waals surface area contributed by atoms with Crippen LogP contribution in [0.5, 0.6) is 5.75 Å². The molecule has 0 radical (unpaired) electrons. The van der Waals surface area contributed by atoms with Crippen LogP contribution >= 0.6 is 0 Å². The van der Waals surface area contributed by atoms with Gasteiger partial charge in [0.2, 0.25) is 0 Å². The largest absolute Gasteiger partial charge is 0.469 e. The van der Waals surface area contributed by atoms with Gasteiger partial charge in [0.25, 0.3) is 0 Å². The number of benzene rings is 1. The summed E-state index contributed by atoms with van der Waals surface area (Å²) in [6.45, 7) is 0. The molecule has 0 atom stereocenters. The highest BCUT2D eigenvalue weighted by atomic mass is 16.6. The molecule has 0 unspecified atom stereocenters. The quantitative estimate of drug-likeness (QED) is 0.862. The number of methoxy groups -OCH3 is 1. The zero-order valence-corrected chi connectivity index (χ0v) is 11.5. The summed E-state index contributed by atoms with van der Waals surface area (Å²) >= 11 is 0. The Hall–Kier alpha value is -2.04. The number of para-hydroxylation sites is 1. The van der Waals surface area contributed by atoms with Crippen molar-refractivity contribution in [3.63, 3.8) is 0 Å². The lowest BCUT2D eigenvalue weighted by atomic mass is 9.86. The fourth-order valence-electron chi connectivity index (χ4n) is 2.43. The Balaban J connectivity index is 1.75. The summed E-state index contributed by atoms with van der Waals surface area (Å²) in [5, 5.41) is 2.83. The molecule has 0 aromatic heterocycles. The van der Waals surface area contributed by atoms with E-state index in [9.17, 15) is 9.59 Å². The maximum Gasteiger partial charge on any atom is 0.412 e. The smallest absolute Gasteiger partial charge is 0.412 e. The highest BCUT2D eigenvalue weighted by Gasteiger charge is 2.27. The summed E-state index contributed by atoms with van der Waals surface area (Å²) in [6, 6.07) is 9.00. The predicted molar refractivity (Wildman–Crippen MR) is 73.4 cm³/mol. The zero-order valence-electron chi connectivity index (χ0n) is 11.5. The molecule has 1 aromatic carbocycles. The van der Waals surface area contributed by atoms with Crippen molar-refractivity contribution < 1.29 is 19.1 Å². The van der Waals surface area contributed by atoms with Crippen molar-refractivity contribution in [2.45, 2.75) is 31.7 Å². The van der Waals surface area contributed by atoms with Crippen LogP contribution in [0.2, 0.25) is 0 Å². The third-order valence-electron chi connectivity index (χ3n) is 3.54. The number of hydrogen-bond acceptors (Lipinski definition) is 4. The molecule has 0 spiro atoms. The van der Waals surface area contributed by atoms with E-state index >= 15 is 0 Å². The third kappa shape index (κ3) is 3.98. The van der Waals surface area contributed by atoms with Crippen molar-refractivity contribution >= 4 is 12.1 Å². The molecule has 0 heterocycles. The fourth-order valence-corrected chi connectivity index (χ4v) is 2.43. The van der Waals surface area contributed by atoms with Gasteiger partial charge in [0.1, 0.15) is 5.75 Å². The summed E-state index contributed by atoms with van der Waals surface area (Å²) in [4.78, 5) is 23.1. The molecule has 108 valence electrons.